The highest BCUT2D eigenvalue weighted by Gasteiger charge is 2.25. The summed E-state index contributed by atoms with van der Waals surface area (Å²) in [6.07, 6.45) is 4.87. The average Bonchev–Trinajstić information content (AvgIpc) is 2.89. The number of carbonyl (C=O) groups excluding carboxylic acids is 1. The number of carbonyl (C=O) groups is 1. The number of hydrogen-bond acceptors (Lipinski definition) is 3. The number of piperidine rings is 1. The Hall–Kier alpha value is -1.36. The number of nitrogens with one attached hydrogen (secondary N) is 1. The van der Waals surface area contributed by atoms with Crippen LogP contribution in [0.5, 0.6) is 0 Å². The van der Waals surface area contributed by atoms with Gasteiger partial charge in [-0.3, -0.25) is 9.89 Å². The lowest BCUT2D eigenvalue weighted by Gasteiger charge is -2.32. The van der Waals surface area contributed by atoms with Crippen LogP contribution in [0.4, 0.5) is 0 Å². The van der Waals surface area contributed by atoms with Gasteiger partial charge in [0.2, 0.25) is 0 Å². The van der Waals surface area contributed by atoms with Crippen LogP contribution in [0.3, 0.4) is 0 Å². The SMILES string of the molecule is CCCO[C@@H]1CCCN(C(=O)c2ccn[nH]2)C1. The summed E-state index contributed by atoms with van der Waals surface area (Å²) < 4.78 is 5.71. The largest absolute Gasteiger partial charge is 0.376 e. The number of amides is 1. The molecule has 0 spiro atoms. The minimum Gasteiger partial charge on any atom is -0.376 e. The van der Waals surface area contributed by atoms with Crippen molar-refractivity contribution in [2.75, 3.05) is 19.7 Å². The molecule has 0 aliphatic carbocycles. The molecule has 1 aromatic heterocycles. The van der Waals surface area contributed by atoms with Gasteiger partial charge in [0.25, 0.3) is 5.91 Å². The molecular weight excluding hydrogens is 218 g/mol. The van der Waals surface area contributed by atoms with Crippen LogP contribution < -0.4 is 0 Å². The van der Waals surface area contributed by atoms with E-state index in [1.807, 2.05) is 4.90 Å². The summed E-state index contributed by atoms with van der Waals surface area (Å²) in [6.45, 7) is 4.37. The van der Waals surface area contributed by atoms with E-state index in [-0.39, 0.29) is 12.0 Å². The summed E-state index contributed by atoms with van der Waals surface area (Å²) in [5.41, 5.74) is 0.557. The highest BCUT2D eigenvalue weighted by molar-refractivity contribution is 5.92. The molecule has 1 saturated heterocycles. The standard InChI is InChI=1S/C12H19N3O2/c1-2-8-17-10-4-3-7-15(9-10)12(16)11-5-6-13-14-11/h5-6,10H,2-4,7-9H2,1H3,(H,13,14)/t10-/m1/s1. The van der Waals surface area contributed by atoms with Crippen molar-refractivity contribution in [3.8, 4) is 0 Å². The first-order valence-electron chi connectivity index (χ1n) is 6.21. The fourth-order valence-electron chi connectivity index (χ4n) is 2.09. The molecule has 0 radical (unpaired) electrons. The van der Waals surface area contributed by atoms with Crippen molar-refractivity contribution in [3.05, 3.63) is 18.0 Å². The molecule has 94 valence electrons. The molecule has 1 aromatic rings. The first-order chi connectivity index (χ1) is 8.31. The Labute approximate surface area is 101 Å². The molecule has 17 heavy (non-hydrogen) atoms. The van der Waals surface area contributed by atoms with Crippen molar-refractivity contribution in [1.82, 2.24) is 15.1 Å². The van der Waals surface area contributed by atoms with Gasteiger partial charge in [-0.05, 0) is 25.3 Å². The molecule has 1 amide bonds. The van der Waals surface area contributed by atoms with E-state index < -0.39 is 0 Å². The predicted octanol–water partition coefficient (Wildman–Crippen LogP) is 1.44. The van der Waals surface area contributed by atoms with Crippen LogP contribution in [-0.2, 0) is 4.74 Å². The van der Waals surface area contributed by atoms with E-state index in [9.17, 15) is 4.79 Å². The van der Waals surface area contributed by atoms with Gasteiger partial charge in [-0.2, -0.15) is 5.10 Å². The van der Waals surface area contributed by atoms with Gasteiger partial charge in [-0.15, -0.1) is 0 Å². The number of H-pyrrole nitrogens is 1. The van der Waals surface area contributed by atoms with Crippen LogP contribution >= 0.6 is 0 Å². The number of aromatic amines is 1. The maximum absolute atomic E-state index is 12.1. The summed E-state index contributed by atoms with van der Waals surface area (Å²) >= 11 is 0. The van der Waals surface area contributed by atoms with E-state index in [0.29, 0.717) is 12.2 Å². The second kappa shape index (κ2) is 5.82. The Bertz CT molecular complexity index is 351. The predicted molar refractivity (Wildman–Crippen MR) is 63.8 cm³/mol. The smallest absolute Gasteiger partial charge is 0.271 e. The second-order valence-corrected chi connectivity index (χ2v) is 4.36. The van der Waals surface area contributed by atoms with Gasteiger partial charge in [0.1, 0.15) is 5.69 Å². The van der Waals surface area contributed by atoms with Gasteiger partial charge in [0.05, 0.1) is 6.10 Å². The van der Waals surface area contributed by atoms with Crippen LogP contribution in [0.1, 0.15) is 36.7 Å². The van der Waals surface area contributed by atoms with E-state index >= 15 is 0 Å². The number of rotatable bonds is 4. The van der Waals surface area contributed by atoms with Crippen molar-refractivity contribution < 1.29 is 9.53 Å². The van der Waals surface area contributed by atoms with Gasteiger partial charge < -0.3 is 9.64 Å². The van der Waals surface area contributed by atoms with Crippen molar-refractivity contribution in [3.63, 3.8) is 0 Å². The molecular formula is C12H19N3O2. The highest BCUT2D eigenvalue weighted by Crippen LogP contribution is 2.15. The topological polar surface area (TPSA) is 58.2 Å². The minimum atomic E-state index is 0.0206. The molecule has 1 aliphatic heterocycles. The molecule has 2 heterocycles. The average molecular weight is 237 g/mol. The quantitative estimate of drug-likeness (QED) is 0.862. The zero-order chi connectivity index (χ0) is 12.1. The Morgan fingerprint density at radius 2 is 2.59 bits per heavy atom. The zero-order valence-corrected chi connectivity index (χ0v) is 10.2. The summed E-state index contributed by atoms with van der Waals surface area (Å²) in [5.74, 6) is 0.0206. The maximum Gasteiger partial charge on any atom is 0.271 e. The van der Waals surface area contributed by atoms with E-state index in [4.69, 9.17) is 4.74 Å². The molecule has 5 heteroatoms. The Kier molecular flexibility index (Phi) is 4.14. The van der Waals surface area contributed by atoms with E-state index in [1.54, 1.807) is 12.3 Å². The minimum absolute atomic E-state index is 0.0206. The number of likely N-dealkylation sites (tertiary alicyclic amines) is 1. The van der Waals surface area contributed by atoms with Crippen LogP contribution in [0.15, 0.2) is 12.3 Å². The normalized spacial score (nSPS) is 20.5. The molecule has 1 fully saturated rings. The second-order valence-electron chi connectivity index (χ2n) is 4.36. The van der Waals surface area contributed by atoms with Crippen molar-refractivity contribution in [1.29, 1.82) is 0 Å². The lowest BCUT2D eigenvalue weighted by molar-refractivity contribution is 0.00192. The molecule has 1 aliphatic rings. The Morgan fingerprint density at radius 3 is 3.29 bits per heavy atom. The van der Waals surface area contributed by atoms with Crippen molar-refractivity contribution >= 4 is 5.91 Å². The van der Waals surface area contributed by atoms with Gasteiger partial charge in [-0.25, -0.2) is 0 Å². The summed E-state index contributed by atoms with van der Waals surface area (Å²) in [5, 5.41) is 6.51. The number of aromatic nitrogens is 2. The Morgan fingerprint density at radius 1 is 1.71 bits per heavy atom. The number of ether oxygens (including phenoxy) is 1. The molecule has 0 bridgehead atoms. The van der Waals surface area contributed by atoms with Gasteiger partial charge in [0, 0.05) is 25.9 Å². The van der Waals surface area contributed by atoms with Crippen LogP contribution in [0.2, 0.25) is 0 Å². The van der Waals surface area contributed by atoms with E-state index in [1.165, 1.54) is 0 Å². The lowest BCUT2D eigenvalue weighted by atomic mass is 10.1. The van der Waals surface area contributed by atoms with Crippen LogP contribution in [-0.4, -0.2) is 46.8 Å². The Balaban J connectivity index is 1.90. The fourth-order valence-corrected chi connectivity index (χ4v) is 2.09. The summed E-state index contributed by atoms with van der Waals surface area (Å²) in [7, 11) is 0. The number of nitrogens with zero attached hydrogens (tertiary/aromatic N) is 2. The van der Waals surface area contributed by atoms with Crippen LogP contribution in [0.25, 0.3) is 0 Å². The third-order valence-electron chi connectivity index (χ3n) is 2.95. The van der Waals surface area contributed by atoms with E-state index in [2.05, 4.69) is 17.1 Å². The van der Waals surface area contributed by atoms with Gasteiger partial charge in [0.15, 0.2) is 0 Å². The van der Waals surface area contributed by atoms with Gasteiger partial charge >= 0.3 is 0 Å². The molecule has 0 saturated carbocycles. The lowest BCUT2D eigenvalue weighted by Crippen LogP contribution is -2.43. The maximum atomic E-state index is 12.1. The van der Waals surface area contributed by atoms with Crippen molar-refractivity contribution in [2.45, 2.75) is 32.3 Å². The van der Waals surface area contributed by atoms with E-state index in [0.717, 1.165) is 32.4 Å². The first-order valence-corrected chi connectivity index (χ1v) is 6.21. The number of hydrogen-bond donors (Lipinski definition) is 1. The third-order valence-corrected chi connectivity index (χ3v) is 2.95. The molecule has 1 N–H and O–H groups in total. The van der Waals surface area contributed by atoms with Crippen molar-refractivity contribution in [2.24, 2.45) is 0 Å². The molecule has 0 aromatic carbocycles. The first kappa shape index (κ1) is 12.1. The summed E-state index contributed by atoms with van der Waals surface area (Å²) in [4.78, 5) is 13.9. The molecule has 2 rings (SSSR count). The monoisotopic (exact) mass is 237 g/mol. The summed E-state index contributed by atoms with van der Waals surface area (Å²) in [6, 6.07) is 1.71. The molecule has 5 nitrogen and oxygen atoms in total. The van der Waals surface area contributed by atoms with Gasteiger partial charge in [-0.1, -0.05) is 6.92 Å². The third kappa shape index (κ3) is 3.06. The highest BCUT2D eigenvalue weighted by atomic mass is 16.5. The molecule has 0 unspecified atom stereocenters. The van der Waals surface area contributed by atoms with Crippen LogP contribution in [0, 0.1) is 0 Å². The fraction of sp³-hybridized carbons (Fsp3) is 0.667. The molecule has 1 atom stereocenters. The zero-order valence-electron chi connectivity index (χ0n) is 10.2.